The van der Waals surface area contributed by atoms with Gasteiger partial charge in [0.15, 0.2) is 5.16 Å². The van der Waals surface area contributed by atoms with Crippen molar-refractivity contribution in [2.75, 3.05) is 0 Å². The number of fused-ring (bicyclic) bond motifs is 1. The molecule has 0 fully saturated rings. The van der Waals surface area contributed by atoms with Crippen LogP contribution < -0.4 is 10.9 Å². The Morgan fingerprint density at radius 2 is 1.78 bits per heavy atom. The maximum absolute atomic E-state index is 13.1. The Morgan fingerprint density at radius 3 is 2.51 bits per heavy atom. The molecule has 0 aliphatic rings. The van der Waals surface area contributed by atoms with Gasteiger partial charge in [-0.3, -0.25) is 24.3 Å². The highest BCUT2D eigenvalue weighted by atomic mass is 32.2. The lowest BCUT2D eigenvalue weighted by Crippen LogP contribution is -2.23. The Morgan fingerprint density at radius 1 is 1.05 bits per heavy atom. The second-order valence-electron chi connectivity index (χ2n) is 8.77. The first-order valence-electron chi connectivity index (χ1n) is 12.1. The van der Waals surface area contributed by atoms with Crippen LogP contribution in [0, 0.1) is 17.0 Å². The molecule has 0 radical (unpaired) electrons. The van der Waals surface area contributed by atoms with Gasteiger partial charge in [0.2, 0.25) is 5.91 Å². The van der Waals surface area contributed by atoms with E-state index in [1.54, 1.807) is 16.7 Å². The van der Waals surface area contributed by atoms with Crippen molar-refractivity contribution >= 4 is 44.9 Å². The third-order valence-electron chi connectivity index (χ3n) is 5.94. The quantitative estimate of drug-likeness (QED) is 0.0801. The van der Waals surface area contributed by atoms with Crippen LogP contribution in [0.2, 0.25) is 0 Å². The number of thioether (sulfide) groups is 1. The predicted molar refractivity (Wildman–Crippen MR) is 148 cm³/mol. The first kappa shape index (κ1) is 26.6. The summed E-state index contributed by atoms with van der Waals surface area (Å²) in [5, 5.41) is 16.3. The summed E-state index contributed by atoms with van der Waals surface area (Å²) in [6.45, 7) is 3.08. The summed E-state index contributed by atoms with van der Waals surface area (Å²) in [6, 6.07) is 16.4. The third kappa shape index (κ3) is 7.27. The molecular weight excluding hydrogens is 508 g/mol. The van der Waals surface area contributed by atoms with E-state index in [2.05, 4.69) is 5.32 Å². The van der Waals surface area contributed by atoms with Gasteiger partial charge in [-0.25, -0.2) is 4.98 Å². The molecule has 0 saturated carbocycles. The zero-order chi connectivity index (χ0) is 26.2. The minimum Gasteiger partial charge on any atom is -0.352 e. The third-order valence-corrected chi connectivity index (χ3v) is 7.88. The average Bonchev–Trinajstić information content (AvgIpc) is 3.37. The molecular formula is C27H28N4O4S2. The summed E-state index contributed by atoms with van der Waals surface area (Å²) in [6.07, 6.45) is 2.77. The van der Waals surface area contributed by atoms with Gasteiger partial charge in [-0.05, 0) is 42.3 Å². The number of nitrogens with one attached hydrogen (secondary N) is 1. The Balaban J connectivity index is 1.31. The van der Waals surface area contributed by atoms with Crippen LogP contribution >= 0.6 is 23.1 Å². The van der Waals surface area contributed by atoms with E-state index in [-0.39, 0.29) is 17.2 Å². The number of thiophene rings is 1. The fourth-order valence-corrected chi connectivity index (χ4v) is 5.58. The van der Waals surface area contributed by atoms with Gasteiger partial charge in [-0.2, -0.15) is 0 Å². The fourth-order valence-electron chi connectivity index (χ4n) is 3.82. The number of carbonyl (C=O) groups excluding carboxylic acids is 1. The number of rotatable bonds is 12. The topological polar surface area (TPSA) is 107 Å². The minimum absolute atomic E-state index is 0.0266. The number of hydrogen-bond acceptors (Lipinski definition) is 7. The van der Waals surface area contributed by atoms with Crippen LogP contribution in [0.15, 0.2) is 69.9 Å². The zero-order valence-electron chi connectivity index (χ0n) is 20.5. The number of aryl methyl sites for hydroxylation is 1. The van der Waals surface area contributed by atoms with Gasteiger partial charge >= 0.3 is 0 Å². The number of aromatic nitrogens is 2. The largest absolute Gasteiger partial charge is 0.352 e. The van der Waals surface area contributed by atoms with Gasteiger partial charge in [-0.1, -0.05) is 60.1 Å². The summed E-state index contributed by atoms with van der Waals surface area (Å²) in [5.74, 6) is 0.570. The highest BCUT2D eigenvalue weighted by molar-refractivity contribution is 7.98. The van der Waals surface area contributed by atoms with Crippen LogP contribution in [0.3, 0.4) is 0 Å². The number of unbranched alkanes of at least 4 members (excludes halogenated alkanes) is 2. The van der Waals surface area contributed by atoms with E-state index >= 15 is 0 Å². The minimum atomic E-state index is -0.422. The maximum Gasteiger partial charge on any atom is 0.272 e. The number of non-ortho nitro benzene ring substituents is 1. The fraction of sp³-hybridized carbons (Fsp3) is 0.296. The molecule has 10 heteroatoms. The van der Waals surface area contributed by atoms with Crippen LogP contribution in [0.1, 0.15) is 42.4 Å². The maximum atomic E-state index is 13.1. The van der Waals surface area contributed by atoms with E-state index in [0.29, 0.717) is 40.6 Å². The van der Waals surface area contributed by atoms with Gasteiger partial charge < -0.3 is 5.32 Å². The van der Waals surface area contributed by atoms with E-state index in [1.165, 1.54) is 40.8 Å². The van der Waals surface area contributed by atoms with Crippen molar-refractivity contribution < 1.29 is 9.72 Å². The van der Waals surface area contributed by atoms with E-state index in [4.69, 9.17) is 4.98 Å². The smallest absolute Gasteiger partial charge is 0.272 e. The molecule has 0 unspecified atom stereocenters. The van der Waals surface area contributed by atoms with Crippen molar-refractivity contribution in [3.05, 3.63) is 97.1 Å². The zero-order valence-corrected chi connectivity index (χ0v) is 22.1. The molecule has 0 spiro atoms. The molecule has 0 aliphatic heterocycles. The molecule has 8 nitrogen and oxygen atoms in total. The molecule has 0 atom stereocenters. The molecule has 1 N–H and O–H groups in total. The Bertz CT molecular complexity index is 1430. The summed E-state index contributed by atoms with van der Waals surface area (Å²) in [7, 11) is 0. The van der Waals surface area contributed by atoms with Crippen LogP contribution in [-0.4, -0.2) is 20.4 Å². The highest BCUT2D eigenvalue weighted by Crippen LogP contribution is 2.25. The van der Waals surface area contributed by atoms with Gasteiger partial charge in [-0.15, -0.1) is 11.3 Å². The first-order chi connectivity index (χ1) is 17.9. The summed E-state index contributed by atoms with van der Waals surface area (Å²) in [5.41, 5.74) is 3.86. The molecule has 1 amide bonds. The van der Waals surface area contributed by atoms with Crippen LogP contribution in [0.4, 0.5) is 5.69 Å². The molecule has 4 aromatic rings. The van der Waals surface area contributed by atoms with Crippen LogP contribution in [0.25, 0.3) is 10.2 Å². The monoisotopic (exact) mass is 536 g/mol. The van der Waals surface area contributed by atoms with Gasteiger partial charge in [0.1, 0.15) is 4.70 Å². The summed E-state index contributed by atoms with van der Waals surface area (Å²) < 4.78 is 2.35. The van der Waals surface area contributed by atoms with Crippen molar-refractivity contribution in [3.63, 3.8) is 0 Å². The van der Waals surface area contributed by atoms with Crippen molar-refractivity contribution in [1.82, 2.24) is 14.9 Å². The SMILES string of the molecule is Cc1ccc(CNC(=O)CCCCCn2c(SCc3ccc([N+](=O)[O-])cc3)nc3ccsc3c2=O)cc1. The lowest BCUT2D eigenvalue weighted by atomic mass is 10.1. The molecule has 2 aromatic carbocycles. The lowest BCUT2D eigenvalue weighted by molar-refractivity contribution is -0.384. The summed E-state index contributed by atoms with van der Waals surface area (Å²) in [4.78, 5) is 40.5. The highest BCUT2D eigenvalue weighted by Gasteiger charge is 2.13. The number of nitro groups is 1. The number of carbonyl (C=O) groups is 1. The molecule has 0 saturated heterocycles. The predicted octanol–water partition coefficient (Wildman–Crippen LogP) is 5.84. The summed E-state index contributed by atoms with van der Waals surface area (Å²) >= 11 is 2.83. The number of benzene rings is 2. The Kier molecular flexibility index (Phi) is 9.08. The van der Waals surface area contributed by atoms with E-state index < -0.39 is 4.92 Å². The number of hydrogen-bond donors (Lipinski definition) is 1. The van der Waals surface area contributed by atoms with Crippen LogP contribution in [0.5, 0.6) is 0 Å². The number of amides is 1. The molecule has 0 aliphatic carbocycles. The van der Waals surface area contributed by atoms with Crippen molar-refractivity contribution in [2.24, 2.45) is 0 Å². The lowest BCUT2D eigenvalue weighted by Gasteiger charge is -2.12. The van der Waals surface area contributed by atoms with E-state index in [9.17, 15) is 19.7 Å². The van der Waals surface area contributed by atoms with Crippen molar-refractivity contribution in [2.45, 2.75) is 56.6 Å². The molecule has 2 heterocycles. The van der Waals surface area contributed by atoms with Gasteiger partial charge in [0, 0.05) is 37.4 Å². The molecule has 37 heavy (non-hydrogen) atoms. The second-order valence-corrected chi connectivity index (χ2v) is 10.6. The Hall–Kier alpha value is -3.50. The van der Waals surface area contributed by atoms with E-state index in [1.807, 2.05) is 42.6 Å². The van der Waals surface area contributed by atoms with Crippen molar-refractivity contribution in [1.29, 1.82) is 0 Å². The van der Waals surface area contributed by atoms with Crippen molar-refractivity contribution in [3.8, 4) is 0 Å². The number of nitro benzene ring substituents is 1. The molecule has 0 bridgehead atoms. The normalized spacial score (nSPS) is 11.1. The van der Waals surface area contributed by atoms with Gasteiger partial charge in [0.05, 0.1) is 10.4 Å². The van der Waals surface area contributed by atoms with E-state index in [0.717, 1.165) is 30.4 Å². The molecule has 2 aromatic heterocycles. The average molecular weight is 537 g/mol. The molecule has 4 rings (SSSR count). The van der Waals surface area contributed by atoms with Crippen LogP contribution in [-0.2, 0) is 23.6 Å². The second kappa shape index (κ2) is 12.6. The van der Waals surface area contributed by atoms with Gasteiger partial charge in [0.25, 0.3) is 11.2 Å². The standard InChI is InChI=1S/C27H28N4O4S2/c1-19-6-8-20(9-7-19)17-28-24(32)5-3-2-4-15-30-26(33)25-23(14-16-36-25)29-27(30)37-18-21-10-12-22(13-11-21)31(34)35/h6-14,16H,2-5,15,17-18H2,1H3,(H,28,32). The molecule has 192 valence electrons. The Labute approximate surface area is 222 Å². The number of nitrogens with zero attached hydrogens (tertiary/aromatic N) is 3. The first-order valence-corrected chi connectivity index (χ1v) is 13.9.